The molecule has 234 valence electrons. The van der Waals surface area contributed by atoms with Crippen molar-refractivity contribution < 1.29 is 9.59 Å². The number of carbonyl (C=O) groups excluding carboxylic acids is 2. The van der Waals surface area contributed by atoms with Crippen molar-refractivity contribution in [3.05, 3.63) is 186 Å². The number of anilines is 1. The van der Waals surface area contributed by atoms with E-state index in [-0.39, 0.29) is 11.8 Å². The molecule has 0 saturated carbocycles. The predicted octanol–water partition coefficient (Wildman–Crippen LogP) is 11.1. The first-order valence-electron chi connectivity index (χ1n) is 16.4. The largest absolute Gasteiger partial charge is 0.308 e. The highest BCUT2D eigenvalue weighted by molar-refractivity contribution is 6.37. The average molecular weight is 642 g/mol. The summed E-state index contributed by atoms with van der Waals surface area (Å²) in [4.78, 5) is 34.9. The van der Waals surface area contributed by atoms with Gasteiger partial charge in [0, 0.05) is 21.9 Å². The highest BCUT2D eigenvalue weighted by Gasteiger charge is 2.41. The molecule has 9 rings (SSSR count). The van der Waals surface area contributed by atoms with Crippen molar-refractivity contribution in [2.24, 2.45) is 0 Å². The van der Waals surface area contributed by atoms with E-state index in [9.17, 15) is 4.79 Å². The Bertz CT molecular complexity index is 2640. The first-order chi connectivity index (χ1) is 24.7. The molecule has 0 bridgehead atoms. The summed E-state index contributed by atoms with van der Waals surface area (Å²) in [6, 6.07) is 52.9. The number of fused-ring (bicyclic) bond motifs is 4. The van der Waals surface area contributed by atoms with E-state index in [4.69, 9.17) is 6.57 Å². The second-order valence-corrected chi connectivity index (χ2v) is 12.3. The van der Waals surface area contributed by atoms with Gasteiger partial charge in [-0.25, -0.2) is 9.74 Å². The zero-order valence-electron chi connectivity index (χ0n) is 26.7. The Labute approximate surface area is 288 Å². The summed E-state index contributed by atoms with van der Waals surface area (Å²) in [5.74, 6) is -0.752. The van der Waals surface area contributed by atoms with E-state index < -0.39 is 0 Å². The molecule has 0 unspecified atom stereocenters. The Kier molecular flexibility index (Phi) is 6.75. The molecule has 1 aromatic heterocycles. The van der Waals surface area contributed by atoms with E-state index in [2.05, 4.69) is 21.5 Å². The molecule has 0 spiro atoms. The van der Waals surface area contributed by atoms with Gasteiger partial charge in [-0.2, -0.15) is 0 Å². The zero-order chi connectivity index (χ0) is 33.8. The monoisotopic (exact) mass is 641 g/mol. The molecule has 0 radical (unpaired) electrons. The number of carbonyl (C=O) groups is 2. The molecular formula is C45H27N3O2. The summed E-state index contributed by atoms with van der Waals surface area (Å²) < 4.78 is 2.09. The average Bonchev–Trinajstić information content (AvgIpc) is 3.65. The maximum Gasteiger partial charge on any atom is 0.268 e. The second-order valence-electron chi connectivity index (χ2n) is 12.3. The minimum atomic E-state index is -0.383. The fourth-order valence-corrected chi connectivity index (χ4v) is 7.43. The van der Waals surface area contributed by atoms with E-state index >= 15 is 4.79 Å². The van der Waals surface area contributed by atoms with Crippen LogP contribution in [0.3, 0.4) is 0 Å². The van der Waals surface area contributed by atoms with Gasteiger partial charge in [0.15, 0.2) is 5.69 Å². The highest BCUT2D eigenvalue weighted by Crippen LogP contribution is 2.46. The molecular weight excluding hydrogens is 615 g/mol. The minimum Gasteiger partial charge on any atom is -0.308 e. The maximum absolute atomic E-state index is 15.1. The van der Waals surface area contributed by atoms with Crippen LogP contribution in [0.2, 0.25) is 0 Å². The molecule has 0 saturated heterocycles. The van der Waals surface area contributed by atoms with Gasteiger partial charge in [0.25, 0.3) is 11.8 Å². The molecule has 0 fully saturated rings. The summed E-state index contributed by atoms with van der Waals surface area (Å²) in [5.41, 5.74) is 9.23. The SMILES string of the molecule is [C-]#[N+]c1ccccc1-c1cccc2c3ccccc3n(-c3cccc4c3C(=O)N(c3c(-c5ccccc5)cccc3-c3ccccc3)C4=O)c12. The smallest absolute Gasteiger partial charge is 0.268 e. The summed E-state index contributed by atoms with van der Waals surface area (Å²) in [6.07, 6.45) is 0. The first-order valence-corrected chi connectivity index (χ1v) is 16.4. The minimum absolute atomic E-state index is 0.343. The van der Waals surface area contributed by atoms with Crippen molar-refractivity contribution in [1.29, 1.82) is 0 Å². The van der Waals surface area contributed by atoms with E-state index in [0.717, 1.165) is 55.2 Å². The van der Waals surface area contributed by atoms with Gasteiger partial charge < -0.3 is 4.57 Å². The van der Waals surface area contributed by atoms with E-state index in [1.54, 1.807) is 6.07 Å². The molecule has 7 aromatic carbocycles. The lowest BCUT2D eigenvalue weighted by atomic mass is 9.95. The van der Waals surface area contributed by atoms with Crippen molar-refractivity contribution in [2.75, 3.05) is 4.90 Å². The quantitative estimate of drug-likeness (QED) is 0.139. The molecule has 2 amide bonds. The van der Waals surface area contributed by atoms with Crippen LogP contribution in [0.4, 0.5) is 11.4 Å². The van der Waals surface area contributed by atoms with Crippen molar-refractivity contribution in [3.8, 4) is 39.1 Å². The van der Waals surface area contributed by atoms with Crippen LogP contribution < -0.4 is 4.90 Å². The fourth-order valence-electron chi connectivity index (χ4n) is 7.43. The summed E-state index contributed by atoms with van der Waals surface area (Å²) >= 11 is 0. The van der Waals surface area contributed by atoms with Crippen molar-refractivity contribution >= 4 is 45.0 Å². The number of aromatic nitrogens is 1. The third-order valence-electron chi connectivity index (χ3n) is 9.57. The Balaban J connectivity index is 1.33. The molecule has 5 nitrogen and oxygen atoms in total. The van der Waals surface area contributed by atoms with Crippen molar-refractivity contribution in [2.45, 2.75) is 0 Å². The molecule has 5 heteroatoms. The number of amides is 2. The molecule has 0 aliphatic carbocycles. The van der Waals surface area contributed by atoms with E-state index in [1.165, 1.54) is 4.90 Å². The Morgan fingerprint density at radius 1 is 0.460 bits per heavy atom. The number of nitrogens with zero attached hydrogens (tertiary/aromatic N) is 3. The second kappa shape index (κ2) is 11.6. The maximum atomic E-state index is 15.1. The van der Waals surface area contributed by atoms with Gasteiger partial charge in [-0.1, -0.05) is 146 Å². The summed E-state index contributed by atoms with van der Waals surface area (Å²) in [6.45, 7) is 7.91. The zero-order valence-corrected chi connectivity index (χ0v) is 26.7. The molecule has 8 aromatic rings. The lowest BCUT2D eigenvalue weighted by Crippen LogP contribution is -2.30. The number of hydrogen-bond acceptors (Lipinski definition) is 2. The Hall–Kier alpha value is -7.03. The van der Waals surface area contributed by atoms with Crippen LogP contribution >= 0.6 is 0 Å². The number of hydrogen-bond donors (Lipinski definition) is 0. The highest BCUT2D eigenvalue weighted by atomic mass is 16.2. The predicted molar refractivity (Wildman–Crippen MR) is 201 cm³/mol. The van der Waals surface area contributed by atoms with Crippen molar-refractivity contribution in [3.63, 3.8) is 0 Å². The number of para-hydroxylation sites is 4. The third-order valence-corrected chi connectivity index (χ3v) is 9.57. The van der Waals surface area contributed by atoms with Gasteiger partial charge >= 0.3 is 0 Å². The van der Waals surface area contributed by atoms with E-state index in [1.807, 2.05) is 146 Å². The Morgan fingerprint density at radius 2 is 1.00 bits per heavy atom. The lowest BCUT2D eigenvalue weighted by Gasteiger charge is -2.23. The molecule has 2 heterocycles. The number of rotatable bonds is 5. The van der Waals surface area contributed by atoms with Crippen LogP contribution in [0.25, 0.3) is 65.7 Å². The molecule has 50 heavy (non-hydrogen) atoms. The van der Waals surface area contributed by atoms with E-state index in [0.29, 0.717) is 28.2 Å². The number of benzene rings is 7. The molecule has 1 aliphatic heterocycles. The topological polar surface area (TPSA) is 46.7 Å². The molecule has 0 N–H and O–H groups in total. The van der Waals surface area contributed by atoms with Gasteiger partial charge in [-0.15, -0.1) is 0 Å². The van der Waals surface area contributed by atoms with Gasteiger partial charge in [0.05, 0.1) is 40.1 Å². The first kappa shape index (κ1) is 29.1. The molecule has 0 atom stereocenters. The summed E-state index contributed by atoms with van der Waals surface area (Å²) in [5, 5.41) is 2.00. The van der Waals surface area contributed by atoms with Crippen LogP contribution in [-0.2, 0) is 0 Å². The van der Waals surface area contributed by atoms with Gasteiger partial charge in [0.2, 0.25) is 0 Å². The van der Waals surface area contributed by atoms with Crippen LogP contribution in [0.1, 0.15) is 20.7 Å². The molecule has 1 aliphatic rings. The van der Waals surface area contributed by atoms with Crippen molar-refractivity contribution in [1.82, 2.24) is 4.57 Å². The Morgan fingerprint density at radius 3 is 1.72 bits per heavy atom. The van der Waals surface area contributed by atoms with Crippen LogP contribution in [0.15, 0.2) is 164 Å². The van der Waals surface area contributed by atoms with Crippen LogP contribution in [0.5, 0.6) is 0 Å². The van der Waals surface area contributed by atoms with Gasteiger partial charge in [-0.3, -0.25) is 9.59 Å². The summed E-state index contributed by atoms with van der Waals surface area (Å²) in [7, 11) is 0. The fraction of sp³-hybridized carbons (Fsp3) is 0. The standard InChI is InChI=1S/C45H27N3O2/c1-46-38-26-10-8-19-33(38)35-23-13-24-36-34-20-9-11-27-39(34)47(43(35)36)40-28-14-25-37-41(40)45(50)48(44(37)49)42-31(29-15-4-2-5-16-29)21-12-22-32(42)30-17-6-3-7-18-30/h2-28H. The third kappa shape index (κ3) is 4.33. The van der Waals surface area contributed by atoms with Crippen LogP contribution in [-0.4, -0.2) is 16.4 Å². The van der Waals surface area contributed by atoms with Crippen LogP contribution in [0, 0.1) is 6.57 Å². The van der Waals surface area contributed by atoms with Gasteiger partial charge in [0.1, 0.15) is 0 Å². The number of imide groups is 1. The van der Waals surface area contributed by atoms with Gasteiger partial charge in [-0.05, 0) is 40.5 Å². The lowest BCUT2D eigenvalue weighted by molar-refractivity contribution is 0.0926. The normalized spacial score (nSPS) is 12.4.